The molecule has 0 bridgehead atoms. The summed E-state index contributed by atoms with van der Waals surface area (Å²) in [7, 11) is 0. The summed E-state index contributed by atoms with van der Waals surface area (Å²) >= 11 is 7.74. The lowest BCUT2D eigenvalue weighted by molar-refractivity contribution is -0.138. The Morgan fingerprint density at radius 3 is 2.50 bits per heavy atom. The van der Waals surface area contributed by atoms with E-state index in [1.807, 2.05) is 34.9 Å². The van der Waals surface area contributed by atoms with E-state index in [4.69, 9.17) is 16.7 Å². The van der Waals surface area contributed by atoms with Crippen LogP contribution in [0.1, 0.15) is 32.3 Å². The Bertz CT molecular complexity index is 1060. The van der Waals surface area contributed by atoms with Crippen molar-refractivity contribution in [2.24, 2.45) is 0 Å². The molecule has 1 aromatic heterocycles. The highest BCUT2D eigenvalue weighted by molar-refractivity contribution is 8.01. The first-order chi connectivity index (χ1) is 13.2. The van der Waals surface area contributed by atoms with Gasteiger partial charge in [0.1, 0.15) is 10.9 Å². The molecule has 0 fully saturated rings. The highest BCUT2D eigenvalue weighted by atomic mass is 35.5. The number of hydrogen-bond donors (Lipinski definition) is 1. The molecule has 0 aliphatic heterocycles. The van der Waals surface area contributed by atoms with E-state index in [1.165, 1.54) is 11.8 Å². The summed E-state index contributed by atoms with van der Waals surface area (Å²) in [5, 5.41) is 12.0. The molecule has 0 atom stereocenters. The summed E-state index contributed by atoms with van der Waals surface area (Å²) in [4.78, 5) is 27.7. The second-order valence-corrected chi connectivity index (χ2v) is 9.05. The van der Waals surface area contributed by atoms with Crippen LogP contribution in [-0.4, -0.2) is 31.2 Å². The van der Waals surface area contributed by atoms with Gasteiger partial charge in [0.05, 0.1) is 23.1 Å². The molecule has 0 saturated heterocycles. The van der Waals surface area contributed by atoms with Gasteiger partial charge in [0.15, 0.2) is 5.16 Å². The number of carboxylic acids is 1. The minimum absolute atomic E-state index is 0.0166. The number of aromatic nitrogens is 2. The summed E-state index contributed by atoms with van der Waals surface area (Å²) in [5.74, 6) is -1.12. The number of carboxylic acid groups (broad SMARTS) is 1. The van der Waals surface area contributed by atoms with E-state index in [0.29, 0.717) is 10.3 Å². The number of benzene rings is 2. The van der Waals surface area contributed by atoms with E-state index >= 15 is 0 Å². The van der Waals surface area contributed by atoms with Crippen LogP contribution in [0, 0.1) is 6.92 Å². The number of nitrogens with zero attached hydrogens (tertiary/aromatic N) is 2. The topological polar surface area (TPSA) is 72.2 Å². The van der Waals surface area contributed by atoms with Crippen molar-refractivity contribution in [1.82, 2.24) is 9.55 Å². The molecule has 0 spiro atoms. The highest BCUT2D eigenvalue weighted by Gasteiger charge is 2.31. The predicted octanol–water partition coefficient (Wildman–Crippen LogP) is 5.29. The van der Waals surface area contributed by atoms with Crippen LogP contribution in [0.3, 0.4) is 0 Å². The molecule has 2 aromatic carbocycles. The van der Waals surface area contributed by atoms with Gasteiger partial charge in [0, 0.05) is 11.8 Å². The van der Waals surface area contributed by atoms with Crippen LogP contribution in [-0.2, 0) is 9.59 Å². The van der Waals surface area contributed by atoms with Crippen molar-refractivity contribution in [2.75, 3.05) is 0 Å². The number of ketones is 1. The van der Waals surface area contributed by atoms with Crippen molar-refractivity contribution >= 4 is 45.9 Å². The summed E-state index contributed by atoms with van der Waals surface area (Å²) in [6.45, 7) is 5.62. The van der Waals surface area contributed by atoms with Gasteiger partial charge < -0.3 is 5.11 Å². The van der Waals surface area contributed by atoms with Crippen molar-refractivity contribution in [1.29, 1.82) is 0 Å². The number of aryl methyl sites for hydroxylation is 1. The normalized spacial score (nSPS) is 11.7. The van der Waals surface area contributed by atoms with Gasteiger partial charge in [0.25, 0.3) is 0 Å². The number of imidazole rings is 1. The lowest BCUT2D eigenvalue weighted by atomic mass is 10.0. The van der Waals surface area contributed by atoms with Crippen LogP contribution >= 0.6 is 23.4 Å². The Balaban J connectivity index is 2.01. The summed E-state index contributed by atoms with van der Waals surface area (Å²) in [6.07, 6.45) is 1.37. The molecule has 3 aromatic rings. The Morgan fingerprint density at radius 1 is 1.14 bits per heavy atom. The zero-order valence-electron chi connectivity index (χ0n) is 15.9. The zero-order chi connectivity index (χ0) is 20.5. The molecule has 3 rings (SSSR count). The van der Waals surface area contributed by atoms with Gasteiger partial charge in [-0.05, 0) is 37.8 Å². The number of Topliss-reactive ketones (excluding diaryl/α,β-unsaturated/α-hetero) is 1. The molecule has 7 heteroatoms. The van der Waals surface area contributed by atoms with Gasteiger partial charge in [-0.15, -0.1) is 0 Å². The molecular weight excluding hydrogens is 396 g/mol. The largest absolute Gasteiger partial charge is 0.481 e. The molecule has 1 heterocycles. The second kappa shape index (κ2) is 7.97. The fraction of sp³-hybridized carbons (Fsp3) is 0.286. The minimum atomic E-state index is -0.982. The van der Waals surface area contributed by atoms with Crippen LogP contribution in [0.5, 0.6) is 0 Å². The quantitative estimate of drug-likeness (QED) is 0.529. The van der Waals surface area contributed by atoms with E-state index in [1.54, 1.807) is 20.0 Å². The van der Waals surface area contributed by atoms with E-state index in [-0.39, 0.29) is 18.6 Å². The van der Waals surface area contributed by atoms with E-state index in [2.05, 4.69) is 18.0 Å². The van der Waals surface area contributed by atoms with Crippen molar-refractivity contribution in [2.45, 2.75) is 43.5 Å². The molecule has 0 aliphatic carbocycles. The molecule has 146 valence electrons. The van der Waals surface area contributed by atoms with Gasteiger partial charge in [-0.2, -0.15) is 0 Å². The zero-order valence-corrected chi connectivity index (χ0v) is 17.5. The molecule has 28 heavy (non-hydrogen) atoms. The number of rotatable bonds is 7. The van der Waals surface area contributed by atoms with Crippen molar-refractivity contribution in [3.63, 3.8) is 0 Å². The Labute approximate surface area is 172 Å². The molecule has 5 nitrogen and oxygen atoms in total. The molecule has 0 radical (unpaired) electrons. The Kier molecular flexibility index (Phi) is 5.82. The molecule has 1 N–H and O–H groups in total. The van der Waals surface area contributed by atoms with Crippen LogP contribution in [0.2, 0.25) is 5.15 Å². The first-order valence-electron chi connectivity index (χ1n) is 8.87. The number of hydrogen-bond acceptors (Lipinski definition) is 4. The van der Waals surface area contributed by atoms with E-state index in [9.17, 15) is 9.59 Å². The number of thioether (sulfide) groups is 1. The van der Waals surface area contributed by atoms with Crippen LogP contribution in [0.25, 0.3) is 16.5 Å². The Morgan fingerprint density at radius 2 is 1.82 bits per heavy atom. The van der Waals surface area contributed by atoms with Crippen LogP contribution < -0.4 is 0 Å². The fourth-order valence-corrected chi connectivity index (χ4v) is 4.38. The smallest absolute Gasteiger partial charge is 0.303 e. The molecule has 0 unspecified atom stereocenters. The lowest BCUT2D eigenvalue weighted by Crippen LogP contribution is -2.28. The highest BCUT2D eigenvalue weighted by Crippen LogP contribution is 2.38. The molecule has 0 amide bonds. The maximum Gasteiger partial charge on any atom is 0.303 e. The van der Waals surface area contributed by atoms with Gasteiger partial charge in [0.2, 0.25) is 0 Å². The first-order valence-corrected chi connectivity index (χ1v) is 10.1. The van der Waals surface area contributed by atoms with Crippen molar-refractivity contribution in [3.8, 4) is 5.69 Å². The van der Waals surface area contributed by atoms with Gasteiger partial charge in [-0.25, -0.2) is 4.98 Å². The second-order valence-electron chi connectivity index (χ2n) is 7.08. The van der Waals surface area contributed by atoms with Gasteiger partial charge in [-0.3, -0.25) is 14.2 Å². The van der Waals surface area contributed by atoms with E-state index in [0.717, 1.165) is 22.0 Å². The maximum atomic E-state index is 12.5. The van der Waals surface area contributed by atoms with Gasteiger partial charge in [-0.1, -0.05) is 53.7 Å². The first kappa shape index (κ1) is 20.4. The third-order valence-electron chi connectivity index (χ3n) is 4.63. The third-order valence-corrected chi connectivity index (χ3v) is 6.11. The molecule has 0 saturated carbocycles. The third kappa shape index (κ3) is 4.08. The summed E-state index contributed by atoms with van der Waals surface area (Å²) in [6, 6.07) is 12.1. The van der Waals surface area contributed by atoms with Gasteiger partial charge >= 0.3 is 5.97 Å². The SMILES string of the molecule is Cc1ccc(-n2c(Cl)cnc2SC(C)(C)C(=O)CCC(=O)O)c2ccccc12. The van der Waals surface area contributed by atoms with Crippen LogP contribution in [0.4, 0.5) is 0 Å². The van der Waals surface area contributed by atoms with Crippen LogP contribution in [0.15, 0.2) is 47.8 Å². The lowest BCUT2D eigenvalue weighted by Gasteiger charge is -2.23. The Hall–Kier alpha value is -2.31. The average molecular weight is 417 g/mol. The standard InChI is InChI=1S/C21H21ClN2O3S/c1-13-8-9-16(15-7-5-4-6-14(13)15)24-18(22)12-23-20(24)28-21(2,3)17(25)10-11-19(26)27/h4-9,12H,10-11H2,1-3H3,(H,26,27). The maximum absolute atomic E-state index is 12.5. The fourth-order valence-electron chi connectivity index (χ4n) is 3.04. The number of carbonyl (C=O) groups is 2. The van der Waals surface area contributed by atoms with Crippen molar-refractivity contribution in [3.05, 3.63) is 53.3 Å². The molecular formula is C21H21ClN2O3S. The molecule has 0 aliphatic rings. The number of aliphatic carboxylic acids is 1. The summed E-state index contributed by atoms with van der Waals surface area (Å²) in [5.41, 5.74) is 2.05. The average Bonchev–Trinajstić information content (AvgIpc) is 3.00. The number of halogens is 1. The summed E-state index contributed by atoms with van der Waals surface area (Å²) < 4.78 is 1.00. The van der Waals surface area contributed by atoms with E-state index < -0.39 is 10.7 Å². The van der Waals surface area contributed by atoms with Crippen molar-refractivity contribution < 1.29 is 14.7 Å². The monoisotopic (exact) mass is 416 g/mol. The predicted molar refractivity (Wildman–Crippen MR) is 113 cm³/mol. The number of fused-ring (bicyclic) bond motifs is 1. The minimum Gasteiger partial charge on any atom is -0.481 e. The number of carbonyl (C=O) groups excluding carboxylic acids is 1.